The minimum Gasteiger partial charge on any atom is -0.346 e. The second-order valence-corrected chi connectivity index (χ2v) is 7.18. The quantitative estimate of drug-likeness (QED) is 0.846. The zero-order valence-corrected chi connectivity index (χ0v) is 13.0. The molecule has 1 N–H and O–H groups in total. The molecule has 1 saturated heterocycles. The Morgan fingerprint density at radius 1 is 1.42 bits per heavy atom. The van der Waals surface area contributed by atoms with Gasteiger partial charge in [-0.3, -0.25) is 4.90 Å². The molecule has 1 saturated carbocycles. The molecule has 0 radical (unpaired) electrons. The summed E-state index contributed by atoms with van der Waals surface area (Å²) in [4.78, 5) is 10.6. The van der Waals surface area contributed by atoms with E-state index in [1.807, 2.05) is 11.8 Å². The number of hydrogen-bond acceptors (Lipinski definition) is 4. The van der Waals surface area contributed by atoms with Gasteiger partial charge in [0.15, 0.2) is 0 Å². The SMILES string of the molecule is CN1CCSCC1c1nc(=S)cc(C2CCCC2)[nH]1. The van der Waals surface area contributed by atoms with Crippen LogP contribution in [0.5, 0.6) is 0 Å². The summed E-state index contributed by atoms with van der Waals surface area (Å²) in [5.74, 6) is 4.08. The number of H-pyrrole nitrogens is 1. The summed E-state index contributed by atoms with van der Waals surface area (Å²) >= 11 is 7.38. The Labute approximate surface area is 124 Å². The fourth-order valence-corrected chi connectivity index (χ4v) is 4.53. The Morgan fingerprint density at radius 3 is 2.95 bits per heavy atom. The zero-order chi connectivity index (χ0) is 13.2. The summed E-state index contributed by atoms with van der Waals surface area (Å²) < 4.78 is 0.750. The molecule has 2 fully saturated rings. The molecule has 0 aromatic carbocycles. The van der Waals surface area contributed by atoms with E-state index in [-0.39, 0.29) is 0 Å². The van der Waals surface area contributed by atoms with E-state index >= 15 is 0 Å². The first-order chi connectivity index (χ1) is 9.24. The molecular weight excluding hydrogens is 274 g/mol. The van der Waals surface area contributed by atoms with Crippen molar-refractivity contribution in [3.63, 3.8) is 0 Å². The van der Waals surface area contributed by atoms with Crippen LogP contribution in [0.1, 0.15) is 49.2 Å². The molecule has 2 aliphatic rings. The number of rotatable bonds is 2. The van der Waals surface area contributed by atoms with Crippen molar-refractivity contribution in [1.29, 1.82) is 0 Å². The maximum atomic E-state index is 5.37. The topological polar surface area (TPSA) is 31.9 Å². The van der Waals surface area contributed by atoms with E-state index in [0.29, 0.717) is 12.0 Å². The smallest absolute Gasteiger partial charge is 0.130 e. The molecule has 19 heavy (non-hydrogen) atoms. The van der Waals surface area contributed by atoms with Crippen LogP contribution in [0.2, 0.25) is 0 Å². The maximum Gasteiger partial charge on any atom is 0.130 e. The van der Waals surface area contributed by atoms with Crippen LogP contribution in [0.4, 0.5) is 0 Å². The Bertz CT molecular complexity index is 494. The predicted octanol–water partition coefficient (Wildman–Crippen LogP) is 3.52. The van der Waals surface area contributed by atoms with Crippen molar-refractivity contribution < 1.29 is 0 Å². The first kappa shape index (κ1) is 13.6. The minimum atomic E-state index is 0.391. The van der Waals surface area contributed by atoms with E-state index in [1.54, 1.807) is 0 Å². The van der Waals surface area contributed by atoms with Gasteiger partial charge in [-0.25, -0.2) is 4.98 Å². The molecular formula is C14H21N3S2. The first-order valence-electron chi connectivity index (χ1n) is 7.13. The summed E-state index contributed by atoms with van der Waals surface area (Å²) in [5, 5.41) is 0. The van der Waals surface area contributed by atoms with Crippen LogP contribution in [0.15, 0.2) is 6.07 Å². The predicted molar refractivity (Wildman–Crippen MR) is 83.3 cm³/mol. The molecule has 104 valence electrons. The van der Waals surface area contributed by atoms with Gasteiger partial charge in [-0.05, 0) is 31.9 Å². The van der Waals surface area contributed by atoms with Crippen LogP contribution in [0.25, 0.3) is 0 Å². The van der Waals surface area contributed by atoms with E-state index in [4.69, 9.17) is 12.2 Å². The van der Waals surface area contributed by atoms with E-state index in [1.165, 1.54) is 37.1 Å². The lowest BCUT2D eigenvalue weighted by Gasteiger charge is -2.31. The lowest BCUT2D eigenvalue weighted by atomic mass is 10.0. The fraction of sp³-hybridized carbons (Fsp3) is 0.714. The first-order valence-corrected chi connectivity index (χ1v) is 8.69. The number of hydrogen-bond donors (Lipinski definition) is 1. The molecule has 3 rings (SSSR count). The molecule has 1 aromatic heterocycles. The van der Waals surface area contributed by atoms with Crippen molar-refractivity contribution in [1.82, 2.24) is 14.9 Å². The van der Waals surface area contributed by atoms with E-state index in [9.17, 15) is 0 Å². The van der Waals surface area contributed by atoms with Gasteiger partial charge < -0.3 is 4.98 Å². The standard InChI is InChI=1S/C14H21N3S2/c1-17-6-7-19-9-12(17)14-15-11(8-13(18)16-14)10-4-2-3-5-10/h8,10,12H,2-7,9H2,1H3,(H,15,16,18). The number of aromatic amines is 1. The number of thioether (sulfide) groups is 1. The van der Waals surface area contributed by atoms with Gasteiger partial charge in [0.2, 0.25) is 0 Å². The molecule has 0 amide bonds. The summed E-state index contributed by atoms with van der Waals surface area (Å²) in [6.07, 6.45) is 5.29. The maximum absolute atomic E-state index is 5.37. The molecule has 1 aliphatic heterocycles. The molecule has 1 aliphatic carbocycles. The third-order valence-corrected chi connectivity index (χ3v) is 5.52. The third-order valence-electron chi connectivity index (χ3n) is 4.29. The van der Waals surface area contributed by atoms with Crippen LogP contribution in [0, 0.1) is 4.64 Å². The molecule has 0 bridgehead atoms. The summed E-state index contributed by atoms with van der Waals surface area (Å²) in [5.41, 5.74) is 1.32. The molecule has 1 atom stereocenters. The molecule has 1 unspecified atom stereocenters. The molecule has 3 nitrogen and oxygen atoms in total. The Kier molecular flexibility index (Phi) is 4.24. The number of nitrogens with one attached hydrogen (secondary N) is 1. The van der Waals surface area contributed by atoms with Gasteiger partial charge in [0.1, 0.15) is 10.5 Å². The highest BCUT2D eigenvalue weighted by Gasteiger charge is 2.25. The Balaban J connectivity index is 1.90. The van der Waals surface area contributed by atoms with E-state index in [2.05, 4.69) is 28.0 Å². The Hall–Kier alpha value is -0.390. The summed E-state index contributed by atoms with van der Waals surface area (Å²) in [6, 6.07) is 2.46. The average Bonchev–Trinajstić information content (AvgIpc) is 2.92. The van der Waals surface area contributed by atoms with Gasteiger partial charge in [-0.2, -0.15) is 11.8 Å². The lowest BCUT2D eigenvalue weighted by molar-refractivity contribution is 0.263. The highest BCUT2D eigenvalue weighted by atomic mass is 32.2. The molecule has 0 spiro atoms. The van der Waals surface area contributed by atoms with Crippen LogP contribution in [-0.4, -0.2) is 40.0 Å². The average molecular weight is 295 g/mol. The number of aromatic nitrogens is 2. The van der Waals surface area contributed by atoms with Crippen molar-refractivity contribution in [3.8, 4) is 0 Å². The largest absolute Gasteiger partial charge is 0.346 e. The van der Waals surface area contributed by atoms with Gasteiger partial charge in [0.25, 0.3) is 0 Å². The van der Waals surface area contributed by atoms with Gasteiger partial charge in [0, 0.05) is 23.7 Å². The molecule has 1 aromatic rings. The Morgan fingerprint density at radius 2 is 2.21 bits per heavy atom. The van der Waals surface area contributed by atoms with Gasteiger partial charge in [-0.1, -0.05) is 25.1 Å². The second-order valence-electron chi connectivity index (χ2n) is 5.61. The van der Waals surface area contributed by atoms with E-state index in [0.717, 1.165) is 22.8 Å². The lowest BCUT2D eigenvalue weighted by Crippen LogP contribution is -2.34. The van der Waals surface area contributed by atoms with Gasteiger partial charge in [-0.15, -0.1) is 0 Å². The summed E-state index contributed by atoms with van der Waals surface area (Å²) in [7, 11) is 2.19. The fourth-order valence-electron chi connectivity index (χ4n) is 3.08. The number of nitrogens with zero attached hydrogens (tertiary/aromatic N) is 2. The van der Waals surface area contributed by atoms with Gasteiger partial charge in [0.05, 0.1) is 6.04 Å². The highest BCUT2D eigenvalue weighted by molar-refractivity contribution is 7.99. The van der Waals surface area contributed by atoms with Crippen LogP contribution in [0.3, 0.4) is 0 Å². The van der Waals surface area contributed by atoms with Crippen molar-refractivity contribution in [2.45, 2.75) is 37.6 Å². The van der Waals surface area contributed by atoms with Gasteiger partial charge >= 0.3 is 0 Å². The summed E-state index contributed by atoms with van der Waals surface area (Å²) in [6.45, 7) is 1.13. The second kappa shape index (κ2) is 5.94. The minimum absolute atomic E-state index is 0.391. The van der Waals surface area contributed by atoms with Crippen LogP contribution < -0.4 is 0 Å². The zero-order valence-electron chi connectivity index (χ0n) is 11.4. The highest BCUT2D eigenvalue weighted by Crippen LogP contribution is 2.34. The van der Waals surface area contributed by atoms with Crippen molar-refractivity contribution in [3.05, 3.63) is 22.2 Å². The third kappa shape index (κ3) is 3.03. The van der Waals surface area contributed by atoms with Crippen molar-refractivity contribution >= 4 is 24.0 Å². The molecule has 5 heteroatoms. The normalized spacial score (nSPS) is 25.8. The van der Waals surface area contributed by atoms with Crippen molar-refractivity contribution in [2.75, 3.05) is 25.1 Å². The van der Waals surface area contributed by atoms with E-state index < -0.39 is 0 Å². The van der Waals surface area contributed by atoms with Crippen molar-refractivity contribution in [2.24, 2.45) is 0 Å². The molecule has 2 heterocycles. The monoisotopic (exact) mass is 295 g/mol. The van der Waals surface area contributed by atoms with Crippen LogP contribution in [-0.2, 0) is 0 Å². The van der Waals surface area contributed by atoms with Crippen LogP contribution >= 0.6 is 24.0 Å².